The summed E-state index contributed by atoms with van der Waals surface area (Å²) < 4.78 is 6.45. The summed E-state index contributed by atoms with van der Waals surface area (Å²) in [5, 5.41) is 6.21. The van der Waals surface area contributed by atoms with Crippen LogP contribution in [0.2, 0.25) is 0 Å². The van der Waals surface area contributed by atoms with Crippen LogP contribution in [0, 0.1) is 0 Å². The number of amides is 1. The van der Waals surface area contributed by atoms with Crippen LogP contribution in [0.1, 0.15) is 18.1 Å². The van der Waals surface area contributed by atoms with Crippen LogP contribution < -0.4 is 15.4 Å². The Morgan fingerprint density at radius 2 is 1.64 bits per heavy atom. The fourth-order valence-corrected chi connectivity index (χ4v) is 3.24. The summed E-state index contributed by atoms with van der Waals surface area (Å²) in [6, 6.07) is 23.6. The maximum absolute atomic E-state index is 12.0. The molecule has 144 valence electrons. The van der Waals surface area contributed by atoms with Crippen molar-refractivity contribution in [1.29, 1.82) is 0 Å². The van der Waals surface area contributed by atoms with E-state index in [-0.39, 0.29) is 12.5 Å². The molecule has 0 aliphatic rings. The first-order chi connectivity index (χ1) is 13.6. The first-order valence-electron chi connectivity index (χ1n) is 9.23. The first-order valence-corrected chi connectivity index (χ1v) is 10.0. The Morgan fingerprint density at radius 1 is 0.929 bits per heavy atom. The van der Waals surface area contributed by atoms with Crippen LogP contribution in [-0.4, -0.2) is 12.5 Å². The zero-order valence-electron chi connectivity index (χ0n) is 15.7. The van der Waals surface area contributed by atoms with Gasteiger partial charge in [-0.3, -0.25) is 4.79 Å². The summed E-state index contributed by atoms with van der Waals surface area (Å²) in [6.07, 6.45) is 1.04. The van der Waals surface area contributed by atoms with E-state index in [4.69, 9.17) is 4.74 Å². The monoisotopic (exact) mass is 438 g/mol. The van der Waals surface area contributed by atoms with Crippen molar-refractivity contribution in [3.05, 3.63) is 88.4 Å². The van der Waals surface area contributed by atoms with Gasteiger partial charge < -0.3 is 15.4 Å². The number of para-hydroxylation sites is 1. The predicted molar refractivity (Wildman–Crippen MR) is 118 cm³/mol. The molecule has 3 aromatic rings. The van der Waals surface area contributed by atoms with E-state index in [9.17, 15) is 4.79 Å². The minimum atomic E-state index is -0.195. The number of carbonyl (C=O) groups excluding carboxylic acids is 1. The molecule has 0 radical (unpaired) electrons. The zero-order chi connectivity index (χ0) is 19.8. The standard InChI is InChI=1S/C23H23BrN2O2/c1-2-17-8-11-19(12-9-17)25-15-18-10-13-22(21(24)14-18)28-16-23(27)26-20-6-4-3-5-7-20/h3-14,25H,2,15-16H2,1H3,(H,26,27). The van der Waals surface area contributed by atoms with E-state index in [0.29, 0.717) is 12.3 Å². The smallest absolute Gasteiger partial charge is 0.262 e. The van der Waals surface area contributed by atoms with E-state index in [0.717, 1.165) is 27.8 Å². The highest BCUT2D eigenvalue weighted by molar-refractivity contribution is 9.10. The molecule has 0 atom stereocenters. The lowest BCUT2D eigenvalue weighted by molar-refractivity contribution is -0.118. The minimum Gasteiger partial charge on any atom is -0.483 e. The second-order valence-corrected chi connectivity index (χ2v) is 7.23. The Balaban J connectivity index is 1.51. The van der Waals surface area contributed by atoms with Gasteiger partial charge in [-0.2, -0.15) is 0 Å². The third kappa shape index (κ3) is 5.86. The molecule has 0 saturated heterocycles. The van der Waals surface area contributed by atoms with Crippen LogP contribution in [0.15, 0.2) is 77.3 Å². The van der Waals surface area contributed by atoms with Gasteiger partial charge in [0.1, 0.15) is 5.75 Å². The summed E-state index contributed by atoms with van der Waals surface area (Å²) >= 11 is 3.52. The average molecular weight is 439 g/mol. The van der Waals surface area contributed by atoms with Gasteiger partial charge in [0.2, 0.25) is 0 Å². The van der Waals surface area contributed by atoms with E-state index in [1.54, 1.807) is 0 Å². The third-order valence-corrected chi connectivity index (χ3v) is 4.89. The number of hydrogen-bond acceptors (Lipinski definition) is 3. The van der Waals surface area contributed by atoms with Gasteiger partial charge in [-0.15, -0.1) is 0 Å². The van der Waals surface area contributed by atoms with Crippen molar-refractivity contribution < 1.29 is 9.53 Å². The minimum absolute atomic E-state index is 0.0468. The third-order valence-electron chi connectivity index (χ3n) is 4.27. The number of benzene rings is 3. The van der Waals surface area contributed by atoms with Gasteiger partial charge in [-0.1, -0.05) is 43.3 Å². The molecule has 0 saturated carbocycles. The largest absolute Gasteiger partial charge is 0.483 e. The highest BCUT2D eigenvalue weighted by atomic mass is 79.9. The average Bonchev–Trinajstić information content (AvgIpc) is 2.72. The topological polar surface area (TPSA) is 50.4 Å². The number of halogens is 1. The quantitative estimate of drug-likeness (QED) is 0.478. The van der Waals surface area contributed by atoms with Crippen LogP contribution in [0.4, 0.5) is 11.4 Å². The SMILES string of the molecule is CCc1ccc(NCc2ccc(OCC(=O)Nc3ccccc3)c(Br)c2)cc1. The van der Waals surface area contributed by atoms with Crippen molar-refractivity contribution in [3.8, 4) is 5.75 Å². The first kappa shape index (κ1) is 20.0. The van der Waals surface area contributed by atoms with Crippen molar-refractivity contribution in [3.63, 3.8) is 0 Å². The molecule has 0 bridgehead atoms. The Labute approximate surface area is 174 Å². The van der Waals surface area contributed by atoms with Gasteiger partial charge >= 0.3 is 0 Å². The maximum Gasteiger partial charge on any atom is 0.262 e. The van der Waals surface area contributed by atoms with Crippen molar-refractivity contribution in [2.45, 2.75) is 19.9 Å². The molecular formula is C23H23BrN2O2. The van der Waals surface area contributed by atoms with E-state index in [2.05, 4.69) is 57.8 Å². The van der Waals surface area contributed by atoms with Gasteiger partial charge in [0.05, 0.1) is 4.47 Å². The van der Waals surface area contributed by atoms with Crippen LogP contribution >= 0.6 is 15.9 Å². The Bertz CT molecular complexity index is 912. The number of anilines is 2. The van der Waals surface area contributed by atoms with E-state index in [1.165, 1.54) is 5.56 Å². The van der Waals surface area contributed by atoms with Crippen molar-refractivity contribution in [2.75, 3.05) is 17.2 Å². The highest BCUT2D eigenvalue weighted by Crippen LogP contribution is 2.26. The molecule has 3 aromatic carbocycles. The van der Waals surface area contributed by atoms with Gasteiger partial charge in [0, 0.05) is 17.9 Å². The molecular weight excluding hydrogens is 416 g/mol. The summed E-state index contributed by atoms with van der Waals surface area (Å²) in [6.45, 7) is 2.81. The molecule has 0 aliphatic heterocycles. The molecule has 0 aromatic heterocycles. The number of nitrogens with one attached hydrogen (secondary N) is 2. The zero-order valence-corrected chi connectivity index (χ0v) is 17.3. The Hall–Kier alpha value is -2.79. The van der Waals surface area contributed by atoms with E-state index in [1.807, 2.05) is 48.5 Å². The second kappa shape index (κ2) is 9.95. The number of hydrogen-bond donors (Lipinski definition) is 2. The summed E-state index contributed by atoms with van der Waals surface area (Å²) in [5.41, 5.74) is 4.29. The lowest BCUT2D eigenvalue weighted by Gasteiger charge is -2.11. The summed E-state index contributed by atoms with van der Waals surface area (Å²) in [5.74, 6) is 0.443. The lowest BCUT2D eigenvalue weighted by atomic mass is 10.1. The molecule has 5 heteroatoms. The normalized spacial score (nSPS) is 10.4. The van der Waals surface area contributed by atoms with Gasteiger partial charge in [0.25, 0.3) is 5.91 Å². The molecule has 0 unspecified atom stereocenters. The lowest BCUT2D eigenvalue weighted by Crippen LogP contribution is -2.20. The number of ether oxygens (including phenoxy) is 1. The molecule has 4 nitrogen and oxygen atoms in total. The molecule has 2 N–H and O–H groups in total. The maximum atomic E-state index is 12.0. The molecule has 0 heterocycles. The molecule has 28 heavy (non-hydrogen) atoms. The van der Waals surface area contributed by atoms with Crippen molar-refractivity contribution in [1.82, 2.24) is 0 Å². The predicted octanol–water partition coefficient (Wildman–Crippen LogP) is 5.64. The van der Waals surface area contributed by atoms with Gasteiger partial charge in [0.15, 0.2) is 6.61 Å². The van der Waals surface area contributed by atoms with Crippen LogP contribution in [0.25, 0.3) is 0 Å². The summed E-state index contributed by atoms with van der Waals surface area (Å²) in [7, 11) is 0. The highest BCUT2D eigenvalue weighted by Gasteiger charge is 2.07. The van der Waals surface area contributed by atoms with Gasteiger partial charge in [-0.25, -0.2) is 0 Å². The van der Waals surface area contributed by atoms with Crippen molar-refractivity contribution >= 4 is 33.2 Å². The Morgan fingerprint density at radius 3 is 2.32 bits per heavy atom. The molecule has 0 fully saturated rings. The molecule has 1 amide bonds. The number of rotatable bonds is 8. The second-order valence-electron chi connectivity index (χ2n) is 6.37. The van der Waals surface area contributed by atoms with Crippen LogP contribution in [-0.2, 0) is 17.8 Å². The molecule has 3 rings (SSSR count). The fraction of sp³-hybridized carbons (Fsp3) is 0.174. The van der Waals surface area contributed by atoms with Crippen LogP contribution in [0.5, 0.6) is 5.75 Å². The molecule has 0 aliphatic carbocycles. The van der Waals surface area contributed by atoms with Gasteiger partial charge in [-0.05, 0) is 69.9 Å². The van der Waals surface area contributed by atoms with Crippen molar-refractivity contribution in [2.24, 2.45) is 0 Å². The Kier molecular flexibility index (Phi) is 7.09. The number of aryl methyl sites for hydroxylation is 1. The fourth-order valence-electron chi connectivity index (χ4n) is 2.70. The molecule has 0 spiro atoms. The van der Waals surface area contributed by atoms with E-state index < -0.39 is 0 Å². The summed E-state index contributed by atoms with van der Waals surface area (Å²) in [4.78, 5) is 12.0. The van der Waals surface area contributed by atoms with E-state index >= 15 is 0 Å². The number of carbonyl (C=O) groups is 1. The van der Waals surface area contributed by atoms with Crippen LogP contribution in [0.3, 0.4) is 0 Å².